The smallest absolute Gasteiger partial charge is 0.262 e. The Kier molecular flexibility index (Phi) is 7.36. The number of nitrogens with zero attached hydrogens (tertiary/aromatic N) is 5. The van der Waals surface area contributed by atoms with Crippen LogP contribution in [0.4, 0.5) is 0 Å². The van der Waals surface area contributed by atoms with Crippen LogP contribution in [-0.2, 0) is 17.9 Å². The van der Waals surface area contributed by atoms with Crippen LogP contribution in [0.2, 0.25) is 0 Å². The van der Waals surface area contributed by atoms with Crippen LogP contribution in [0.1, 0.15) is 39.7 Å². The van der Waals surface area contributed by atoms with E-state index in [1.54, 1.807) is 4.57 Å². The van der Waals surface area contributed by atoms with Gasteiger partial charge in [0, 0.05) is 19.6 Å². The number of aromatic nitrogens is 4. The minimum Gasteiger partial charge on any atom is -0.338 e. The molecule has 178 valence electrons. The zero-order valence-electron chi connectivity index (χ0n) is 20.1. The van der Waals surface area contributed by atoms with Gasteiger partial charge in [-0.3, -0.25) is 18.6 Å². The van der Waals surface area contributed by atoms with Gasteiger partial charge in [-0.1, -0.05) is 68.1 Å². The minimum absolute atomic E-state index is 0.0468. The fourth-order valence-corrected chi connectivity index (χ4v) is 4.95. The Morgan fingerprint density at radius 1 is 1.03 bits per heavy atom. The van der Waals surface area contributed by atoms with Crippen molar-refractivity contribution in [2.75, 3.05) is 6.54 Å². The molecule has 0 fully saturated rings. The van der Waals surface area contributed by atoms with Gasteiger partial charge in [-0.2, -0.15) is 0 Å². The second-order valence-corrected chi connectivity index (χ2v) is 10.2. The van der Waals surface area contributed by atoms with Gasteiger partial charge in [0.15, 0.2) is 5.16 Å². The summed E-state index contributed by atoms with van der Waals surface area (Å²) in [7, 11) is 0. The number of hydrogen-bond donors (Lipinski definition) is 0. The van der Waals surface area contributed by atoms with Gasteiger partial charge in [0.25, 0.3) is 5.56 Å². The molecule has 0 aliphatic carbocycles. The van der Waals surface area contributed by atoms with Crippen molar-refractivity contribution < 1.29 is 4.79 Å². The topological polar surface area (TPSA) is 72.5 Å². The Morgan fingerprint density at radius 2 is 1.74 bits per heavy atom. The SMILES string of the molecule is CCN(Cc1ccccc1)C(=O)C(C)Sc1nnc2n(CCC(C)C)c(=O)c3ccccc3n12. The van der Waals surface area contributed by atoms with E-state index >= 15 is 0 Å². The first-order valence-corrected chi connectivity index (χ1v) is 12.6. The molecule has 2 aromatic heterocycles. The van der Waals surface area contributed by atoms with Gasteiger partial charge >= 0.3 is 0 Å². The highest BCUT2D eigenvalue weighted by atomic mass is 32.2. The lowest BCUT2D eigenvalue weighted by molar-refractivity contribution is -0.130. The van der Waals surface area contributed by atoms with E-state index in [0.29, 0.717) is 41.9 Å². The summed E-state index contributed by atoms with van der Waals surface area (Å²) in [4.78, 5) is 28.4. The lowest BCUT2D eigenvalue weighted by atomic mass is 10.1. The summed E-state index contributed by atoms with van der Waals surface area (Å²) in [5, 5.41) is 9.67. The number of rotatable bonds is 9. The van der Waals surface area contributed by atoms with Crippen molar-refractivity contribution in [3.63, 3.8) is 0 Å². The summed E-state index contributed by atoms with van der Waals surface area (Å²) in [5.41, 5.74) is 1.80. The summed E-state index contributed by atoms with van der Waals surface area (Å²) in [6.45, 7) is 9.93. The number of aryl methyl sites for hydroxylation is 1. The molecule has 0 saturated heterocycles. The van der Waals surface area contributed by atoms with E-state index in [1.165, 1.54) is 11.8 Å². The number of hydrogen-bond acceptors (Lipinski definition) is 5. The number of benzene rings is 2. The molecule has 8 heteroatoms. The third-order valence-corrected chi connectivity index (χ3v) is 6.98. The molecular formula is C26H31N5O2S. The maximum atomic E-state index is 13.3. The van der Waals surface area contributed by atoms with Crippen molar-refractivity contribution in [2.24, 2.45) is 5.92 Å². The second-order valence-electron chi connectivity index (χ2n) is 8.87. The first kappa shape index (κ1) is 24.0. The number of carbonyl (C=O) groups is 1. The highest BCUT2D eigenvalue weighted by Gasteiger charge is 2.24. The number of amides is 1. The van der Waals surface area contributed by atoms with Gasteiger partial charge in [0.1, 0.15) is 0 Å². The molecule has 4 rings (SSSR count). The predicted octanol–water partition coefficient (Wildman–Crippen LogP) is 4.62. The molecule has 0 radical (unpaired) electrons. The number of thioether (sulfide) groups is 1. The van der Waals surface area contributed by atoms with Crippen LogP contribution in [0.15, 0.2) is 64.5 Å². The highest BCUT2D eigenvalue weighted by Crippen LogP contribution is 2.26. The number of carbonyl (C=O) groups excluding carboxylic acids is 1. The molecule has 1 atom stereocenters. The monoisotopic (exact) mass is 477 g/mol. The molecule has 7 nitrogen and oxygen atoms in total. The van der Waals surface area contributed by atoms with E-state index in [9.17, 15) is 9.59 Å². The van der Waals surface area contributed by atoms with E-state index in [2.05, 4.69) is 24.0 Å². The minimum atomic E-state index is -0.356. The summed E-state index contributed by atoms with van der Waals surface area (Å²) in [6.07, 6.45) is 0.864. The third kappa shape index (κ3) is 4.87. The Morgan fingerprint density at radius 3 is 2.44 bits per heavy atom. The van der Waals surface area contributed by atoms with Crippen LogP contribution >= 0.6 is 11.8 Å². The second kappa shape index (κ2) is 10.4. The molecular weight excluding hydrogens is 446 g/mol. The van der Waals surface area contributed by atoms with Crippen LogP contribution in [0.5, 0.6) is 0 Å². The fourth-order valence-electron chi connectivity index (χ4n) is 4.01. The zero-order chi connectivity index (χ0) is 24.2. The Bertz CT molecular complexity index is 1350. The normalized spacial score (nSPS) is 12.5. The lowest BCUT2D eigenvalue weighted by Gasteiger charge is -2.24. The number of para-hydroxylation sites is 1. The molecule has 0 aliphatic heterocycles. The first-order chi connectivity index (χ1) is 16.4. The van der Waals surface area contributed by atoms with Gasteiger partial charge < -0.3 is 4.90 Å². The Balaban J connectivity index is 1.68. The molecule has 0 bridgehead atoms. The number of fused-ring (bicyclic) bond motifs is 3. The zero-order valence-corrected chi connectivity index (χ0v) is 21.0. The standard InChI is InChI=1S/C26H31N5O2S/c1-5-29(17-20-11-7-6-8-12-20)23(32)19(4)34-26-28-27-25-30(16-15-18(2)3)24(33)21-13-9-10-14-22(21)31(25)26/h6-14,18-19H,5,15-17H2,1-4H3. The molecule has 0 saturated carbocycles. The largest absolute Gasteiger partial charge is 0.338 e. The quantitative estimate of drug-likeness (QED) is 0.329. The molecule has 4 aromatic rings. The van der Waals surface area contributed by atoms with Crippen molar-refractivity contribution >= 4 is 34.3 Å². The van der Waals surface area contributed by atoms with E-state index in [4.69, 9.17) is 0 Å². The van der Waals surface area contributed by atoms with E-state index in [1.807, 2.05) is 77.7 Å². The lowest BCUT2D eigenvalue weighted by Crippen LogP contribution is -2.36. The van der Waals surface area contributed by atoms with Gasteiger partial charge in [0.05, 0.1) is 16.2 Å². The van der Waals surface area contributed by atoms with Gasteiger partial charge in [0.2, 0.25) is 11.7 Å². The van der Waals surface area contributed by atoms with Gasteiger partial charge in [-0.15, -0.1) is 10.2 Å². The van der Waals surface area contributed by atoms with E-state index < -0.39 is 0 Å². The summed E-state index contributed by atoms with van der Waals surface area (Å²) < 4.78 is 3.62. The molecule has 0 spiro atoms. The van der Waals surface area contributed by atoms with Crippen LogP contribution in [0.3, 0.4) is 0 Å². The van der Waals surface area contributed by atoms with E-state index in [-0.39, 0.29) is 16.7 Å². The van der Waals surface area contributed by atoms with Crippen molar-refractivity contribution in [2.45, 2.75) is 57.6 Å². The van der Waals surface area contributed by atoms with Crippen molar-refractivity contribution in [3.8, 4) is 0 Å². The van der Waals surface area contributed by atoms with Crippen LogP contribution < -0.4 is 5.56 Å². The van der Waals surface area contributed by atoms with Crippen LogP contribution in [0, 0.1) is 5.92 Å². The molecule has 34 heavy (non-hydrogen) atoms. The molecule has 1 amide bonds. The van der Waals surface area contributed by atoms with Crippen molar-refractivity contribution in [1.29, 1.82) is 0 Å². The van der Waals surface area contributed by atoms with E-state index in [0.717, 1.165) is 17.5 Å². The Labute approximate surface area is 203 Å². The molecule has 0 aliphatic rings. The van der Waals surface area contributed by atoms with Crippen LogP contribution in [-0.4, -0.2) is 41.8 Å². The van der Waals surface area contributed by atoms with Gasteiger partial charge in [-0.05, 0) is 43.9 Å². The highest BCUT2D eigenvalue weighted by molar-refractivity contribution is 8.00. The maximum Gasteiger partial charge on any atom is 0.262 e. The van der Waals surface area contributed by atoms with Gasteiger partial charge in [-0.25, -0.2) is 0 Å². The average Bonchev–Trinajstić information content (AvgIpc) is 3.26. The molecule has 2 aromatic carbocycles. The van der Waals surface area contributed by atoms with Crippen LogP contribution in [0.25, 0.3) is 16.7 Å². The molecule has 0 N–H and O–H groups in total. The predicted molar refractivity (Wildman–Crippen MR) is 137 cm³/mol. The average molecular weight is 478 g/mol. The third-order valence-electron chi connectivity index (χ3n) is 5.95. The molecule has 1 unspecified atom stereocenters. The Hall–Kier alpha value is -3.13. The first-order valence-electron chi connectivity index (χ1n) is 11.8. The fraction of sp³-hybridized carbons (Fsp3) is 0.385. The summed E-state index contributed by atoms with van der Waals surface area (Å²) in [6, 6.07) is 17.5. The molecule has 2 heterocycles. The van der Waals surface area contributed by atoms with Crippen molar-refractivity contribution in [1.82, 2.24) is 24.1 Å². The van der Waals surface area contributed by atoms with Crippen molar-refractivity contribution in [3.05, 3.63) is 70.5 Å². The summed E-state index contributed by atoms with van der Waals surface area (Å²) in [5.74, 6) is 1.02. The maximum absolute atomic E-state index is 13.3. The summed E-state index contributed by atoms with van der Waals surface area (Å²) >= 11 is 1.38.